The summed E-state index contributed by atoms with van der Waals surface area (Å²) in [6, 6.07) is 8.71. The predicted octanol–water partition coefficient (Wildman–Crippen LogP) is 3.72. The molecule has 3 rings (SSSR count). The number of anilines is 1. The van der Waals surface area contributed by atoms with Crippen LogP contribution in [0.4, 0.5) is 5.69 Å². The van der Waals surface area contributed by atoms with Crippen LogP contribution < -0.4 is 4.90 Å². The van der Waals surface area contributed by atoms with Crippen molar-refractivity contribution in [2.75, 3.05) is 11.4 Å². The molecule has 0 atom stereocenters. The quantitative estimate of drug-likeness (QED) is 0.840. The molecule has 0 N–H and O–H groups in total. The molecule has 1 aliphatic rings. The minimum Gasteiger partial charge on any atom is -0.367 e. The fourth-order valence-corrected chi connectivity index (χ4v) is 3.21. The minimum absolute atomic E-state index is 0.754. The Morgan fingerprint density at radius 3 is 2.80 bits per heavy atom. The number of aromatic nitrogens is 2. The lowest BCUT2D eigenvalue weighted by Crippen LogP contribution is -2.23. The third-order valence-electron chi connectivity index (χ3n) is 4.08. The second-order valence-electron chi connectivity index (χ2n) is 5.49. The highest BCUT2D eigenvalue weighted by Gasteiger charge is 2.19. The maximum atomic E-state index is 6.37. The molecule has 0 amide bonds. The number of halogens is 1. The van der Waals surface area contributed by atoms with Crippen molar-refractivity contribution in [3.63, 3.8) is 0 Å². The number of fused-ring (bicyclic) bond motifs is 1. The number of benzene rings is 1. The first-order valence-electron chi connectivity index (χ1n) is 7.17. The van der Waals surface area contributed by atoms with E-state index in [1.165, 1.54) is 30.5 Å². The van der Waals surface area contributed by atoms with Crippen molar-refractivity contribution < 1.29 is 0 Å². The molecule has 0 spiro atoms. The molecule has 1 aromatic carbocycles. The van der Waals surface area contributed by atoms with Gasteiger partial charge in [0, 0.05) is 31.4 Å². The second kappa shape index (κ2) is 5.49. The van der Waals surface area contributed by atoms with E-state index in [2.05, 4.69) is 34.3 Å². The molecule has 0 aliphatic carbocycles. The average molecular weight is 290 g/mol. The summed E-state index contributed by atoms with van der Waals surface area (Å²) >= 11 is 6.37. The highest BCUT2D eigenvalue weighted by Crippen LogP contribution is 2.29. The van der Waals surface area contributed by atoms with Crippen LogP contribution in [-0.2, 0) is 20.0 Å². The molecule has 20 heavy (non-hydrogen) atoms. The highest BCUT2D eigenvalue weighted by atomic mass is 35.5. The van der Waals surface area contributed by atoms with Gasteiger partial charge in [-0.2, -0.15) is 5.10 Å². The summed E-state index contributed by atoms with van der Waals surface area (Å²) in [5.41, 5.74) is 4.97. The maximum absolute atomic E-state index is 6.37. The summed E-state index contributed by atoms with van der Waals surface area (Å²) < 4.78 is 1.76. The lowest BCUT2D eigenvalue weighted by atomic mass is 10.1. The van der Waals surface area contributed by atoms with Gasteiger partial charge in [0.2, 0.25) is 0 Å². The first kappa shape index (κ1) is 13.5. The molecule has 1 aliphatic heterocycles. The molecule has 4 heteroatoms. The molecule has 2 aromatic rings. The van der Waals surface area contributed by atoms with Crippen molar-refractivity contribution in [1.29, 1.82) is 0 Å². The van der Waals surface area contributed by atoms with Crippen molar-refractivity contribution in [3.8, 4) is 0 Å². The number of hydrogen-bond donors (Lipinski definition) is 0. The van der Waals surface area contributed by atoms with E-state index in [0.29, 0.717) is 0 Å². The van der Waals surface area contributed by atoms with Gasteiger partial charge >= 0.3 is 0 Å². The van der Waals surface area contributed by atoms with Crippen molar-refractivity contribution in [1.82, 2.24) is 9.78 Å². The van der Waals surface area contributed by atoms with E-state index in [1.807, 2.05) is 14.0 Å². The summed E-state index contributed by atoms with van der Waals surface area (Å²) in [6.45, 7) is 3.96. The average Bonchev–Trinajstić information content (AvgIpc) is 2.63. The van der Waals surface area contributed by atoms with Crippen LogP contribution in [0, 0.1) is 6.92 Å². The molecule has 3 nitrogen and oxygen atoms in total. The van der Waals surface area contributed by atoms with Crippen LogP contribution in [0.3, 0.4) is 0 Å². The molecule has 0 unspecified atom stereocenters. The van der Waals surface area contributed by atoms with Crippen LogP contribution in [0.2, 0.25) is 5.15 Å². The fourth-order valence-electron chi connectivity index (χ4n) is 2.98. The van der Waals surface area contributed by atoms with Crippen LogP contribution in [0.1, 0.15) is 29.7 Å². The third kappa shape index (κ3) is 2.42. The summed E-state index contributed by atoms with van der Waals surface area (Å²) in [5.74, 6) is 0. The molecule has 0 fully saturated rings. The van der Waals surface area contributed by atoms with Gasteiger partial charge in [0.05, 0.1) is 5.69 Å². The summed E-state index contributed by atoms with van der Waals surface area (Å²) in [6.07, 6.45) is 3.66. The first-order valence-corrected chi connectivity index (χ1v) is 7.55. The van der Waals surface area contributed by atoms with Gasteiger partial charge in [0.15, 0.2) is 0 Å². The molecule has 106 valence electrons. The molecule has 0 saturated heterocycles. The summed E-state index contributed by atoms with van der Waals surface area (Å²) in [5, 5.41) is 5.17. The fraction of sp³-hybridized carbons (Fsp3) is 0.438. The van der Waals surface area contributed by atoms with Crippen molar-refractivity contribution in [3.05, 3.63) is 46.2 Å². The van der Waals surface area contributed by atoms with Gasteiger partial charge in [-0.1, -0.05) is 29.8 Å². The van der Waals surface area contributed by atoms with E-state index in [0.717, 1.165) is 29.5 Å². The van der Waals surface area contributed by atoms with Crippen LogP contribution in [0.15, 0.2) is 24.3 Å². The van der Waals surface area contributed by atoms with Crippen LogP contribution in [0.25, 0.3) is 0 Å². The zero-order chi connectivity index (χ0) is 14.1. The Bertz CT molecular complexity index is 618. The Hall–Kier alpha value is -1.48. The minimum atomic E-state index is 0.754. The Morgan fingerprint density at radius 1 is 1.25 bits per heavy atom. The van der Waals surface area contributed by atoms with Gasteiger partial charge in [0.25, 0.3) is 0 Å². The number of aryl methyl sites for hydroxylation is 3. The molecule has 0 bridgehead atoms. The van der Waals surface area contributed by atoms with E-state index in [1.54, 1.807) is 4.68 Å². The number of nitrogens with zero attached hydrogens (tertiary/aromatic N) is 3. The lowest BCUT2D eigenvalue weighted by molar-refractivity contribution is 0.713. The zero-order valence-corrected chi connectivity index (χ0v) is 12.8. The molecular formula is C16H20ClN3. The van der Waals surface area contributed by atoms with Crippen LogP contribution in [0.5, 0.6) is 0 Å². The Labute approximate surface area is 125 Å². The Morgan fingerprint density at radius 2 is 2.05 bits per heavy atom. The monoisotopic (exact) mass is 289 g/mol. The Balaban J connectivity index is 1.94. The van der Waals surface area contributed by atoms with E-state index in [-0.39, 0.29) is 0 Å². The smallest absolute Gasteiger partial charge is 0.131 e. The van der Waals surface area contributed by atoms with Crippen LogP contribution >= 0.6 is 11.6 Å². The topological polar surface area (TPSA) is 21.1 Å². The van der Waals surface area contributed by atoms with E-state index >= 15 is 0 Å². The Kier molecular flexibility index (Phi) is 3.70. The molecule has 0 radical (unpaired) electrons. The molecule has 1 aromatic heterocycles. The van der Waals surface area contributed by atoms with E-state index in [9.17, 15) is 0 Å². The van der Waals surface area contributed by atoms with Crippen molar-refractivity contribution >= 4 is 17.3 Å². The van der Waals surface area contributed by atoms with Gasteiger partial charge < -0.3 is 4.90 Å². The molecule has 0 saturated carbocycles. The second-order valence-corrected chi connectivity index (χ2v) is 5.84. The summed E-state index contributed by atoms with van der Waals surface area (Å²) in [7, 11) is 1.90. The number of para-hydroxylation sites is 1. The molecular weight excluding hydrogens is 270 g/mol. The third-order valence-corrected chi connectivity index (χ3v) is 4.55. The van der Waals surface area contributed by atoms with Gasteiger partial charge in [-0.25, -0.2) is 0 Å². The predicted molar refractivity (Wildman–Crippen MR) is 83.4 cm³/mol. The van der Waals surface area contributed by atoms with Gasteiger partial charge in [-0.05, 0) is 37.8 Å². The van der Waals surface area contributed by atoms with Gasteiger partial charge in [-0.3, -0.25) is 4.68 Å². The van der Waals surface area contributed by atoms with Gasteiger partial charge in [-0.15, -0.1) is 0 Å². The lowest BCUT2D eigenvalue weighted by Gasteiger charge is -2.25. The number of rotatable bonds is 2. The van der Waals surface area contributed by atoms with Gasteiger partial charge in [0.1, 0.15) is 5.15 Å². The first-order chi connectivity index (χ1) is 9.66. The van der Waals surface area contributed by atoms with E-state index in [4.69, 9.17) is 11.6 Å². The normalized spacial score (nSPS) is 15.1. The highest BCUT2D eigenvalue weighted by molar-refractivity contribution is 6.30. The van der Waals surface area contributed by atoms with E-state index < -0.39 is 0 Å². The molecule has 2 heterocycles. The summed E-state index contributed by atoms with van der Waals surface area (Å²) in [4.78, 5) is 2.44. The largest absolute Gasteiger partial charge is 0.367 e. The van der Waals surface area contributed by atoms with Crippen molar-refractivity contribution in [2.45, 2.75) is 32.7 Å². The zero-order valence-electron chi connectivity index (χ0n) is 12.1. The van der Waals surface area contributed by atoms with Crippen LogP contribution in [-0.4, -0.2) is 16.3 Å². The van der Waals surface area contributed by atoms with Crippen molar-refractivity contribution in [2.24, 2.45) is 7.05 Å². The SMILES string of the molecule is Cc1nn(C)c(Cl)c1CN1CCCCc2ccccc21. The standard InChI is InChI=1S/C16H20ClN3/c1-12-14(16(17)19(2)18-12)11-20-10-6-5-8-13-7-3-4-9-15(13)20/h3-4,7,9H,5-6,8,10-11H2,1-2H3. The number of hydrogen-bond acceptors (Lipinski definition) is 2. The maximum Gasteiger partial charge on any atom is 0.131 e.